The summed E-state index contributed by atoms with van der Waals surface area (Å²) < 4.78 is 34.3. The lowest BCUT2D eigenvalue weighted by Crippen LogP contribution is -2.33. The second-order valence-corrected chi connectivity index (χ2v) is 8.67. The molecular weight excluding hydrogens is 440 g/mol. The molecule has 34 heavy (non-hydrogen) atoms. The van der Waals surface area contributed by atoms with Gasteiger partial charge in [-0.3, -0.25) is 0 Å². The maximum Gasteiger partial charge on any atom is 0.266 e. The lowest BCUT2D eigenvalue weighted by Gasteiger charge is -2.37. The highest BCUT2D eigenvalue weighted by Gasteiger charge is 2.40. The number of aliphatic hydroxyl groups is 1. The van der Waals surface area contributed by atoms with Crippen LogP contribution in [0.25, 0.3) is 22.8 Å². The molecule has 4 aromatic rings. The zero-order valence-corrected chi connectivity index (χ0v) is 18.8. The van der Waals surface area contributed by atoms with Gasteiger partial charge in [-0.05, 0) is 68.0 Å². The van der Waals surface area contributed by atoms with Crippen LogP contribution in [-0.2, 0) is 12.0 Å². The summed E-state index contributed by atoms with van der Waals surface area (Å²) >= 11 is 0. The van der Waals surface area contributed by atoms with Crippen molar-refractivity contribution in [2.75, 3.05) is 0 Å². The lowest BCUT2D eigenvalue weighted by atomic mass is 9.68. The van der Waals surface area contributed by atoms with Crippen molar-refractivity contribution in [3.63, 3.8) is 0 Å². The van der Waals surface area contributed by atoms with Gasteiger partial charge in [-0.1, -0.05) is 19.1 Å². The number of fused-ring (bicyclic) bond motifs is 1. The molecule has 0 bridgehead atoms. The summed E-state index contributed by atoms with van der Waals surface area (Å²) in [6.45, 7) is 3.79. The summed E-state index contributed by atoms with van der Waals surface area (Å²) in [4.78, 5) is 4.78. The standard InChI is InChI=1S/C25H23F2N5O2/c1-3-14-10-11-25(2,20-9-5-8-18(28-20)24-32-30-21(13-33)34-24)23-15(14)12-19(29-31-23)22-16(26)6-4-7-17(22)27/h4-9,12,14,33H,3,10-11,13H2,1-2H3/t14-,25+/m1/s1. The van der Waals surface area contributed by atoms with Crippen LogP contribution in [0.2, 0.25) is 0 Å². The fraction of sp³-hybridized carbons (Fsp3) is 0.320. The molecule has 0 radical (unpaired) electrons. The van der Waals surface area contributed by atoms with Gasteiger partial charge in [0.2, 0.25) is 5.89 Å². The Morgan fingerprint density at radius 1 is 1.03 bits per heavy atom. The van der Waals surface area contributed by atoms with Crippen molar-refractivity contribution < 1.29 is 18.3 Å². The Morgan fingerprint density at radius 3 is 2.50 bits per heavy atom. The Balaban J connectivity index is 1.62. The molecule has 2 atom stereocenters. The second kappa shape index (κ2) is 8.64. The smallest absolute Gasteiger partial charge is 0.266 e. The highest BCUT2D eigenvalue weighted by Crippen LogP contribution is 2.47. The summed E-state index contributed by atoms with van der Waals surface area (Å²) in [5.74, 6) is -0.818. The Bertz CT molecular complexity index is 1340. The van der Waals surface area contributed by atoms with E-state index in [-0.39, 0.29) is 35.6 Å². The number of benzene rings is 1. The van der Waals surface area contributed by atoms with E-state index in [9.17, 15) is 13.9 Å². The van der Waals surface area contributed by atoms with Crippen molar-refractivity contribution in [2.24, 2.45) is 0 Å². The molecular formula is C25H23F2N5O2. The number of aromatic nitrogens is 5. The fourth-order valence-corrected chi connectivity index (χ4v) is 4.70. The number of hydrogen-bond acceptors (Lipinski definition) is 7. The van der Waals surface area contributed by atoms with Crippen LogP contribution in [0, 0.1) is 11.6 Å². The van der Waals surface area contributed by atoms with Gasteiger partial charge in [0.15, 0.2) is 0 Å². The minimum Gasteiger partial charge on any atom is -0.417 e. The Hall–Kier alpha value is -3.59. The molecule has 7 nitrogen and oxygen atoms in total. The molecule has 5 rings (SSSR count). The van der Waals surface area contributed by atoms with Crippen molar-refractivity contribution in [3.8, 4) is 22.8 Å². The SMILES string of the molecule is CC[C@@H]1CC[C@@](C)(c2cccc(-c3nnc(CO)o3)n2)c2nnc(-c3c(F)cccc3F)cc21. The average Bonchev–Trinajstić information content (AvgIpc) is 3.34. The van der Waals surface area contributed by atoms with Gasteiger partial charge in [0.25, 0.3) is 5.89 Å². The Labute approximate surface area is 194 Å². The molecule has 0 fully saturated rings. The molecule has 1 N–H and O–H groups in total. The minimum atomic E-state index is -0.669. The highest BCUT2D eigenvalue weighted by atomic mass is 19.1. The zero-order chi connectivity index (χ0) is 23.9. The molecule has 174 valence electrons. The first-order chi connectivity index (χ1) is 16.4. The third-order valence-corrected chi connectivity index (χ3v) is 6.63. The van der Waals surface area contributed by atoms with Gasteiger partial charge in [0.05, 0.1) is 28.1 Å². The van der Waals surface area contributed by atoms with Gasteiger partial charge in [-0.15, -0.1) is 15.3 Å². The van der Waals surface area contributed by atoms with E-state index in [2.05, 4.69) is 34.2 Å². The first kappa shape index (κ1) is 22.2. The van der Waals surface area contributed by atoms with Crippen molar-refractivity contribution in [2.45, 2.75) is 51.0 Å². The largest absolute Gasteiger partial charge is 0.417 e. The van der Waals surface area contributed by atoms with Crippen LogP contribution >= 0.6 is 0 Å². The van der Waals surface area contributed by atoms with E-state index in [0.717, 1.165) is 36.2 Å². The van der Waals surface area contributed by atoms with Crippen LogP contribution in [0.5, 0.6) is 0 Å². The van der Waals surface area contributed by atoms with E-state index in [1.807, 2.05) is 12.1 Å². The number of nitrogens with zero attached hydrogens (tertiary/aromatic N) is 5. The Kier molecular flexibility index (Phi) is 5.65. The minimum absolute atomic E-state index is 0.112. The van der Waals surface area contributed by atoms with Gasteiger partial charge in [-0.2, -0.15) is 5.10 Å². The van der Waals surface area contributed by atoms with E-state index < -0.39 is 17.0 Å². The van der Waals surface area contributed by atoms with Crippen LogP contribution in [-0.4, -0.2) is 30.5 Å². The third-order valence-electron chi connectivity index (χ3n) is 6.63. The van der Waals surface area contributed by atoms with E-state index in [0.29, 0.717) is 5.69 Å². The van der Waals surface area contributed by atoms with Gasteiger partial charge >= 0.3 is 0 Å². The predicted molar refractivity (Wildman–Crippen MR) is 120 cm³/mol. The van der Waals surface area contributed by atoms with Gasteiger partial charge in [0.1, 0.15) is 23.9 Å². The molecule has 1 aliphatic carbocycles. The Morgan fingerprint density at radius 2 is 1.79 bits per heavy atom. The highest BCUT2D eigenvalue weighted by molar-refractivity contribution is 5.62. The predicted octanol–water partition coefficient (Wildman–Crippen LogP) is 4.95. The third kappa shape index (κ3) is 3.66. The van der Waals surface area contributed by atoms with Crippen molar-refractivity contribution in [1.82, 2.24) is 25.4 Å². The van der Waals surface area contributed by atoms with E-state index >= 15 is 0 Å². The van der Waals surface area contributed by atoms with Crippen LogP contribution in [0.4, 0.5) is 8.78 Å². The molecule has 0 amide bonds. The average molecular weight is 463 g/mol. The van der Waals surface area contributed by atoms with Crippen LogP contribution in [0.15, 0.2) is 46.9 Å². The molecule has 9 heteroatoms. The number of pyridine rings is 1. The number of hydrogen-bond donors (Lipinski definition) is 1. The van der Waals surface area contributed by atoms with E-state index in [1.54, 1.807) is 12.1 Å². The summed E-state index contributed by atoms with van der Waals surface area (Å²) in [5, 5.41) is 25.7. The van der Waals surface area contributed by atoms with Crippen LogP contribution < -0.4 is 0 Å². The first-order valence-corrected chi connectivity index (χ1v) is 11.2. The summed E-state index contributed by atoms with van der Waals surface area (Å²) in [6.07, 6.45) is 2.52. The quantitative estimate of drug-likeness (QED) is 0.447. The van der Waals surface area contributed by atoms with Gasteiger partial charge in [0, 0.05) is 0 Å². The molecule has 3 aromatic heterocycles. The van der Waals surface area contributed by atoms with Crippen molar-refractivity contribution in [1.29, 1.82) is 0 Å². The number of halogens is 2. The van der Waals surface area contributed by atoms with Crippen LogP contribution in [0.3, 0.4) is 0 Å². The first-order valence-electron chi connectivity index (χ1n) is 11.2. The molecule has 3 heterocycles. The summed E-state index contributed by atoms with van der Waals surface area (Å²) in [7, 11) is 0. The monoisotopic (exact) mass is 463 g/mol. The van der Waals surface area contributed by atoms with Crippen molar-refractivity contribution in [3.05, 3.63) is 76.9 Å². The number of aliphatic hydroxyl groups excluding tert-OH is 1. The van der Waals surface area contributed by atoms with Crippen LogP contribution in [0.1, 0.15) is 61.9 Å². The molecule has 1 aromatic carbocycles. The zero-order valence-electron chi connectivity index (χ0n) is 18.8. The maximum atomic E-state index is 14.4. The fourth-order valence-electron chi connectivity index (χ4n) is 4.70. The summed E-state index contributed by atoms with van der Waals surface area (Å²) in [5.41, 5.74) is 2.36. The normalized spacial score (nSPS) is 19.7. The molecule has 0 unspecified atom stereocenters. The van der Waals surface area contributed by atoms with E-state index in [1.165, 1.54) is 18.2 Å². The van der Waals surface area contributed by atoms with E-state index in [4.69, 9.17) is 9.40 Å². The molecule has 0 spiro atoms. The topological polar surface area (TPSA) is 97.8 Å². The molecule has 1 aliphatic rings. The lowest BCUT2D eigenvalue weighted by molar-refractivity contribution is 0.241. The second-order valence-electron chi connectivity index (χ2n) is 8.67. The number of rotatable bonds is 5. The molecule has 0 aliphatic heterocycles. The van der Waals surface area contributed by atoms with Gasteiger partial charge in [-0.25, -0.2) is 13.8 Å². The van der Waals surface area contributed by atoms with Gasteiger partial charge < -0.3 is 9.52 Å². The molecule has 0 saturated carbocycles. The summed E-state index contributed by atoms with van der Waals surface area (Å²) in [6, 6.07) is 11.1. The van der Waals surface area contributed by atoms with Crippen molar-refractivity contribution >= 4 is 0 Å². The maximum absolute atomic E-state index is 14.4. The molecule has 0 saturated heterocycles.